The van der Waals surface area contributed by atoms with Gasteiger partial charge in [-0.25, -0.2) is 4.98 Å². The van der Waals surface area contributed by atoms with Gasteiger partial charge in [0.15, 0.2) is 0 Å². The molecule has 0 atom stereocenters. The number of pyridine rings is 1. The molecule has 24 heavy (non-hydrogen) atoms. The van der Waals surface area contributed by atoms with Crippen LogP contribution in [0.3, 0.4) is 0 Å². The SMILES string of the molecule is Cn1cc(-c2cc(Nc3ccc4nccnc4c3)ncc2Cl)cn1. The Bertz CT molecular complexity index is 1030. The zero-order chi connectivity index (χ0) is 16.5. The standard InChI is InChI=1S/C17H13ClN6/c1-24-10-11(8-22-24)13-7-17(21-9-14(13)18)23-12-2-3-15-16(6-12)20-5-4-19-15/h2-10H,1H3,(H,21,23). The molecule has 0 spiro atoms. The molecule has 4 aromatic rings. The number of aromatic nitrogens is 5. The summed E-state index contributed by atoms with van der Waals surface area (Å²) in [6.07, 6.45) is 8.67. The Labute approximate surface area is 143 Å². The number of benzene rings is 1. The topological polar surface area (TPSA) is 68.5 Å². The predicted octanol–water partition coefficient (Wildman–Crippen LogP) is 3.82. The van der Waals surface area contributed by atoms with Crippen LogP contribution in [0.4, 0.5) is 11.5 Å². The van der Waals surface area contributed by atoms with Crippen LogP contribution in [0, 0.1) is 0 Å². The summed E-state index contributed by atoms with van der Waals surface area (Å²) in [6, 6.07) is 7.70. The van der Waals surface area contributed by atoms with E-state index in [1.54, 1.807) is 29.5 Å². The van der Waals surface area contributed by atoms with Gasteiger partial charge in [-0.3, -0.25) is 14.6 Å². The van der Waals surface area contributed by atoms with Crippen LogP contribution in [0.2, 0.25) is 5.02 Å². The van der Waals surface area contributed by atoms with E-state index in [2.05, 4.69) is 25.4 Å². The lowest BCUT2D eigenvalue weighted by Gasteiger charge is -2.09. The molecule has 6 nitrogen and oxygen atoms in total. The molecule has 0 fully saturated rings. The van der Waals surface area contributed by atoms with Crippen molar-refractivity contribution in [1.82, 2.24) is 24.7 Å². The number of nitrogens with zero attached hydrogens (tertiary/aromatic N) is 5. The van der Waals surface area contributed by atoms with Crippen molar-refractivity contribution in [2.45, 2.75) is 0 Å². The number of rotatable bonds is 3. The van der Waals surface area contributed by atoms with Crippen LogP contribution >= 0.6 is 11.6 Å². The molecular weight excluding hydrogens is 324 g/mol. The predicted molar refractivity (Wildman–Crippen MR) is 94.3 cm³/mol. The molecule has 0 amide bonds. The highest BCUT2D eigenvalue weighted by atomic mass is 35.5. The highest BCUT2D eigenvalue weighted by Crippen LogP contribution is 2.30. The summed E-state index contributed by atoms with van der Waals surface area (Å²) in [6.45, 7) is 0. The van der Waals surface area contributed by atoms with E-state index in [0.717, 1.165) is 27.8 Å². The quantitative estimate of drug-likeness (QED) is 0.616. The van der Waals surface area contributed by atoms with E-state index in [1.807, 2.05) is 37.5 Å². The van der Waals surface area contributed by atoms with Gasteiger partial charge in [0.05, 0.1) is 22.3 Å². The summed E-state index contributed by atoms with van der Waals surface area (Å²) in [7, 11) is 1.87. The second kappa shape index (κ2) is 5.90. The van der Waals surface area contributed by atoms with Crippen LogP contribution in [0.5, 0.6) is 0 Å². The van der Waals surface area contributed by atoms with Gasteiger partial charge in [-0.2, -0.15) is 5.10 Å². The number of anilines is 2. The normalized spacial score (nSPS) is 10.9. The van der Waals surface area contributed by atoms with Crippen molar-refractivity contribution in [2.75, 3.05) is 5.32 Å². The van der Waals surface area contributed by atoms with Gasteiger partial charge in [-0.1, -0.05) is 11.6 Å². The van der Waals surface area contributed by atoms with Crippen molar-refractivity contribution >= 4 is 34.1 Å². The first-order valence-corrected chi connectivity index (χ1v) is 7.69. The molecule has 1 aromatic carbocycles. The van der Waals surface area contributed by atoms with Crippen molar-refractivity contribution in [3.8, 4) is 11.1 Å². The molecule has 7 heteroatoms. The molecule has 0 aliphatic rings. The second-order valence-electron chi connectivity index (χ2n) is 5.34. The summed E-state index contributed by atoms with van der Waals surface area (Å²) >= 11 is 6.28. The van der Waals surface area contributed by atoms with Gasteiger partial charge in [0.25, 0.3) is 0 Å². The molecule has 1 N–H and O–H groups in total. The Balaban J connectivity index is 1.68. The molecule has 3 heterocycles. The van der Waals surface area contributed by atoms with E-state index in [4.69, 9.17) is 11.6 Å². The fourth-order valence-corrected chi connectivity index (χ4v) is 2.69. The third kappa shape index (κ3) is 2.79. The van der Waals surface area contributed by atoms with Gasteiger partial charge >= 0.3 is 0 Å². The Morgan fingerprint density at radius 2 is 1.83 bits per heavy atom. The average Bonchev–Trinajstić information content (AvgIpc) is 3.03. The fourth-order valence-electron chi connectivity index (χ4n) is 2.48. The van der Waals surface area contributed by atoms with Crippen molar-refractivity contribution in [3.05, 3.63) is 60.3 Å². The lowest BCUT2D eigenvalue weighted by Crippen LogP contribution is -1.95. The van der Waals surface area contributed by atoms with E-state index < -0.39 is 0 Å². The minimum atomic E-state index is 0.581. The van der Waals surface area contributed by atoms with Crippen molar-refractivity contribution in [3.63, 3.8) is 0 Å². The van der Waals surface area contributed by atoms with Crippen LogP contribution in [-0.4, -0.2) is 24.7 Å². The lowest BCUT2D eigenvalue weighted by atomic mass is 10.1. The van der Waals surface area contributed by atoms with E-state index >= 15 is 0 Å². The molecule has 3 aromatic heterocycles. The largest absolute Gasteiger partial charge is 0.340 e. The highest BCUT2D eigenvalue weighted by molar-refractivity contribution is 6.33. The Kier molecular flexibility index (Phi) is 3.59. The molecular formula is C17H13ClN6. The molecule has 118 valence electrons. The van der Waals surface area contributed by atoms with Crippen molar-refractivity contribution < 1.29 is 0 Å². The first-order valence-electron chi connectivity index (χ1n) is 7.31. The maximum Gasteiger partial charge on any atom is 0.131 e. The molecule has 0 aliphatic heterocycles. The summed E-state index contributed by atoms with van der Waals surface area (Å²) in [5.41, 5.74) is 4.38. The minimum Gasteiger partial charge on any atom is -0.340 e. The Hall–Kier alpha value is -2.99. The first kappa shape index (κ1) is 14.6. The summed E-state index contributed by atoms with van der Waals surface area (Å²) < 4.78 is 1.74. The van der Waals surface area contributed by atoms with Crippen LogP contribution in [-0.2, 0) is 7.05 Å². The smallest absolute Gasteiger partial charge is 0.131 e. The molecule has 0 radical (unpaired) electrons. The van der Waals surface area contributed by atoms with Gasteiger partial charge in [0.2, 0.25) is 0 Å². The first-order chi connectivity index (χ1) is 11.7. The molecule has 0 saturated heterocycles. The lowest BCUT2D eigenvalue weighted by molar-refractivity contribution is 0.768. The van der Waals surface area contributed by atoms with E-state index in [-0.39, 0.29) is 0 Å². The maximum atomic E-state index is 6.28. The van der Waals surface area contributed by atoms with E-state index in [0.29, 0.717) is 10.8 Å². The molecule has 0 bridgehead atoms. The Morgan fingerprint density at radius 1 is 1.00 bits per heavy atom. The molecule has 0 aliphatic carbocycles. The number of aryl methyl sites for hydroxylation is 1. The van der Waals surface area contributed by atoms with Crippen LogP contribution in [0.25, 0.3) is 22.2 Å². The van der Waals surface area contributed by atoms with Crippen molar-refractivity contribution in [2.24, 2.45) is 7.05 Å². The van der Waals surface area contributed by atoms with Crippen LogP contribution in [0.15, 0.2) is 55.2 Å². The van der Waals surface area contributed by atoms with Crippen molar-refractivity contribution in [1.29, 1.82) is 0 Å². The van der Waals surface area contributed by atoms with Crippen LogP contribution < -0.4 is 5.32 Å². The fraction of sp³-hybridized carbons (Fsp3) is 0.0588. The number of hydrogen-bond donors (Lipinski definition) is 1. The van der Waals surface area contributed by atoms with Gasteiger partial charge < -0.3 is 5.32 Å². The monoisotopic (exact) mass is 336 g/mol. The highest BCUT2D eigenvalue weighted by Gasteiger charge is 2.08. The zero-order valence-corrected chi connectivity index (χ0v) is 13.6. The number of hydrogen-bond acceptors (Lipinski definition) is 5. The molecule has 4 rings (SSSR count). The van der Waals surface area contributed by atoms with Gasteiger partial charge in [0.1, 0.15) is 5.82 Å². The summed E-state index contributed by atoms with van der Waals surface area (Å²) in [5, 5.41) is 8.04. The zero-order valence-electron chi connectivity index (χ0n) is 12.8. The van der Waals surface area contributed by atoms with E-state index in [9.17, 15) is 0 Å². The van der Waals surface area contributed by atoms with E-state index in [1.165, 1.54) is 0 Å². The third-order valence-electron chi connectivity index (χ3n) is 3.61. The summed E-state index contributed by atoms with van der Waals surface area (Å²) in [4.78, 5) is 12.9. The number of halogens is 1. The third-order valence-corrected chi connectivity index (χ3v) is 3.91. The van der Waals surface area contributed by atoms with Crippen LogP contribution in [0.1, 0.15) is 0 Å². The second-order valence-corrected chi connectivity index (χ2v) is 5.74. The summed E-state index contributed by atoms with van der Waals surface area (Å²) in [5.74, 6) is 0.696. The number of nitrogens with one attached hydrogen (secondary N) is 1. The number of fused-ring (bicyclic) bond motifs is 1. The molecule has 0 unspecified atom stereocenters. The minimum absolute atomic E-state index is 0.581. The average molecular weight is 337 g/mol. The molecule has 0 saturated carbocycles. The van der Waals surface area contributed by atoms with Gasteiger partial charge in [0, 0.05) is 48.6 Å². The van der Waals surface area contributed by atoms with Gasteiger partial charge in [-0.15, -0.1) is 0 Å². The maximum absolute atomic E-state index is 6.28. The van der Waals surface area contributed by atoms with Gasteiger partial charge in [-0.05, 0) is 24.3 Å². The Morgan fingerprint density at radius 3 is 2.62 bits per heavy atom.